The van der Waals surface area contributed by atoms with Crippen molar-refractivity contribution in [2.45, 2.75) is 32.9 Å². The summed E-state index contributed by atoms with van der Waals surface area (Å²) in [5.74, 6) is -2.51. The van der Waals surface area contributed by atoms with Crippen LogP contribution in [0.25, 0.3) is 10.9 Å². The average molecular weight is 446 g/mol. The summed E-state index contributed by atoms with van der Waals surface area (Å²) in [5, 5.41) is 16.9. The molecule has 2 heterocycles. The predicted octanol–water partition coefficient (Wildman–Crippen LogP) is 2.94. The number of carbonyl (C=O) groups excluding carboxylic acids is 1. The van der Waals surface area contributed by atoms with Crippen molar-refractivity contribution in [1.29, 1.82) is 0 Å². The van der Waals surface area contributed by atoms with Crippen molar-refractivity contribution in [2.75, 3.05) is 26.2 Å². The number of amides is 1. The lowest BCUT2D eigenvalue weighted by Crippen LogP contribution is -2.49. The maximum atomic E-state index is 12.1. The molecule has 1 aromatic heterocycles. The molecule has 0 atom stereocenters. The summed E-state index contributed by atoms with van der Waals surface area (Å²) in [7, 11) is 2.09. The Balaban J connectivity index is 0.000000390. The smallest absolute Gasteiger partial charge is 0.410 e. The first-order chi connectivity index (χ1) is 15.0. The number of para-hydroxylation sites is 1. The molecule has 0 bridgehead atoms. The fourth-order valence-electron chi connectivity index (χ4n) is 3.35. The Morgan fingerprint density at radius 2 is 1.56 bits per heavy atom. The summed E-state index contributed by atoms with van der Waals surface area (Å²) in [6.07, 6.45) is 3.13. The minimum atomic E-state index is -1.26. The van der Waals surface area contributed by atoms with E-state index < -0.39 is 17.5 Å². The highest BCUT2D eigenvalue weighted by Gasteiger charge is 2.26. The number of carboxylic acid groups (broad SMARTS) is 2. The second-order valence-corrected chi connectivity index (χ2v) is 8.54. The van der Waals surface area contributed by atoms with Gasteiger partial charge in [-0.15, -0.1) is 0 Å². The Hall–Kier alpha value is -3.33. The molecule has 2 N–H and O–H groups in total. The van der Waals surface area contributed by atoms with Crippen molar-refractivity contribution in [2.24, 2.45) is 7.05 Å². The fraction of sp³-hybridized carbons (Fsp3) is 0.435. The zero-order chi connectivity index (χ0) is 23.9. The number of aromatic nitrogens is 1. The van der Waals surface area contributed by atoms with Gasteiger partial charge in [0, 0.05) is 69.0 Å². The van der Waals surface area contributed by atoms with Crippen LogP contribution in [0.1, 0.15) is 26.3 Å². The van der Waals surface area contributed by atoms with Crippen molar-refractivity contribution >= 4 is 28.9 Å². The summed E-state index contributed by atoms with van der Waals surface area (Å²) < 4.78 is 7.64. The third kappa shape index (κ3) is 7.73. The van der Waals surface area contributed by atoms with Crippen molar-refractivity contribution in [3.63, 3.8) is 0 Å². The Labute approximate surface area is 187 Å². The Morgan fingerprint density at radius 3 is 2.09 bits per heavy atom. The number of piperazine rings is 1. The minimum Gasteiger partial charge on any atom is -0.478 e. The summed E-state index contributed by atoms with van der Waals surface area (Å²) in [6.45, 7) is 9.83. The van der Waals surface area contributed by atoms with Gasteiger partial charge < -0.3 is 24.4 Å². The van der Waals surface area contributed by atoms with Crippen LogP contribution in [-0.4, -0.2) is 74.4 Å². The van der Waals surface area contributed by atoms with E-state index in [4.69, 9.17) is 14.9 Å². The Morgan fingerprint density at radius 1 is 1.00 bits per heavy atom. The molecule has 1 aliphatic heterocycles. The van der Waals surface area contributed by atoms with Crippen molar-refractivity contribution < 1.29 is 29.3 Å². The van der Waals surface area contributed by atoms with Gasteiger partial charge >= 0.3 is 18.0 Å². The van der Waals surface area contributed by atoms with Crippen LogP contribution in [0.5, 0.6) is 0 Å². The quantitative estimate of drug-likeness (QED) is 0.696. The Bertz CT molecular complexity index is 965. The molecule has 1 aromatic carbocycles. The third-order valence-corrected chi connectivity index (χ3v) is 4.77. The van der Waals surface area contributed by atoms with Crippen molar-refractivity contribution in [3.05, 3.63) is 48.2 Å². The van der Waals surface area contributed by atoms with E-state index in [0.717, 1.165) is 32.7 Å². The molecule has 2 aromatic rings. The SMILES string of the molecule is Cn1cc(CN2CCN(C(=O)OC(C)(C)C)CC2)c2ccccc21.O=C(O)/C=C\C(=O)O. The van der Waals surface area contributed by atoms with Crippen LogP contribution in [0.2, 0.25) is 0 Å². The fourth-order valence-corrected chi connectivity index (χ4v) is 3.35. The number of hydrogen-bond acceptors (Lipinski definition) is 5. The lowest BCUT2D eigenvalue weighted by molar-refractivity contribution is -0.134. The summed E-state index contributed by atoms with van der Waals surface area (Å²) in [5.41, 5.74) is 2.18. The van der Waals surface area contributed by atoms with E-state index in [0.29, 0.717) is 12.2 Å². The number of ether oxygens (including phenoxy) is 1. The molecular formula is C23H31N3O6. The van der Waals surface area contributed by atoms with Crippen molar-refractivity contribution in [3.8, 4) is 0 Å². The van der Waals surface area contributed by atoms with Gasteiger partial charge in [-0.05, 0) is 32.4 Å². The van der Waals surface area contributed by atoms with Crippen LogP contribution >= 0.6 is 0 Å². The van der Waals surface area contributed by atoms with E-state index in [1.807, 2.05) is 25.7 Å². The van der Waals surface area contributed by atoms with Gasteiger partial charge in [0.2, 0.25) is 0 Å². The van der Waals surface area contributed by atoms with Gasteiger partial charge in [0.15, 0.2) is 0 Å². The number of rotatable bonds is 4. The van der Waals surface area contributed by atoms with Crippen LogP contribution in [-0.2, 0) is 27.9 Å². The molecule has 9 heteroatoms. The zero-order valence-corrected chi connectivity index (χ0v) is 18.9. The largest absolute Gasteiger partial charge is 0.478 e. The minimum absolute atomic E-state index is 0.202. The van der Waals surface area contributed by atoms with E-state index in [9.17, 15) is 14.4 Å². The molecule has 0 saturated carbocycles. The third-order valence-electron chi connectivity index (χ3n) is 4.77. The maximum absolute atomic E-state index is 12.1. The molecule has 0 aliphatic carbocycles. The number of carbonyl (C=O) groups is 3. The monoisotopic (exact) mass is 445 g/mol. The normalized spacial score (nSPS) is 14.8. The molecule has 0 spiro atoms. The van der Waals surface area contributed by atoms with Crippen LogP contribution in [0.4, 0.5) is 4.79 Å². The molecule has 9 nitrogen and oxygen atoms in total. The average Bonchev–Trinajstić information content (AvgIpc) is 3.02. The molecule has 1 amide bonds. The van der Waals surface area contributed by atoms with Gasteiger partial charge in [-0.2, -0.15) is 0 Å². The lowest BCUT2D eigenvalue weighted by atomic mass is 10.1. The number of aryl methyl sites for hydroxylation is 1. The first-order valence-corrected chi connectivity index (χ1v) is 10.3. The Kier molecular flexibility index (Phi) is 8.42. The van der Waals surface area contributed by atoms with Crippen LogP contribution in [0.15, 0.2) is 42.6 Å². The van der Waals surface area contributed by atoms with Gasteiger partial charge in [-0.3, -0.25) is 4.90 Å². The molecule has 1 aliphatic rings. The van der Waals surface area contributed by atoms with Crippen LogP contribution in [0, 0.1) is 0 Å². The molecular weight excluding hydrogens is 414 g/mol. The second-order valence-electron chi connectivity index (χ2n) is 8.54. The first kappa shape index (κ1) is 24.9. The molecule has 0 unspecified atom stereocenters. The highest BCUT2D eigenvalue weighted by atomic mass is 16.6. The van der Waals surface area contributed by atoms with Gasteiger partial charge in [0.1, 0.15) is 5.60 Å². The summed E-state index contributed by atoms with van der Waals surface area (Å²) in [6, 6.07) is 8.50. The second kappa shape index (κ2) is 10.8. The lowest BCUT2D eigenvalue weighted by Gasteiger charge is -2.35. The van der Waals surface area contributed by atoms with E-state index in [1.54, 1.807) is 0 Å². The number of carboxylic acids is 2. The van der Waals surface area contributed by atoms with Gasteiger partial charge in [-0.25, -0.2) is 14.4 Å². The maximum Gasteiger partial charge on any atom is 0.410 e. The highest BCUT2D eigenvalue weighted by Crippen LogP contribution is 2.22. The predicted molar refractivity (Wildman–Crippen MR) is 120 cm³/mol. The standard InChI is InChI=1S/C19H27N3O2.C4H4O4/c1-19(2,3)24-18(23)22-11-9-21(10-12-22)14-15-13-20(4)17-8-6-5-7-16(15)17;5-3(6)1-2-4(7)8/h5-8,13H,9-12,14H2,1-4H3;1-2H,(H,5,6)(H,7,8)/b;2-1-. The van der Waals surface area contributed by atoms with E-state index in [2.05, 4.69) is 47.0 Å². The van der Waals surface area contributed by atoms with Crippen LogP contribution in [0.3, 0.4) is 0 Å². The molecule has 1 fully saturated rings. The topological polar surface area (TPSA) is 112 Å². The number of nitrogens with zero attached hydrogens (tertiary/aromatic N) is 3. The van der Waals surface area contributed by atoms with Crippen LogP contribution < -0.4 is 0 Å². The van der Waals surface area contributed by atoms with E-state index in [-0.39, 0.29) is 6.09 Å². The number of benzene rings is 1. The molecule has 1 saturated heterocycles. The van der Waals surface area contributed by atoms with Crippen molar-refractivity contribution in [1.82, 2.24) is 14.4 Å². The molecule has 32 heavy (non-hydrogen) atoms. The van der Waals surface area contributed by atoms with E-state index >= 15 is 0 Å². The number of fused-ring (bicyclic) bond motifs is 1. The number of hydrogen-bond donors (Lipinski definition) is 2. The molecule has 174 valence electrons. The summed E-state index contributed by atoms with van der Waals surface area (Å²) >= 11 is 0. The zero-order valence-electron chi connectivity index (χ0n) is 18.9. The van der Waals surface area contributed by atoms with Gasteiger partial charge in [0.25, 0.3) is 0 Å². The molecule has 3 rings (SSSR count). The molecule has 0 radical (unpaired) electrons. The number of aliphatic carboxylic acids is 2. The highest BCUT2D eigenvalue weighted by molar-refractivity contribution is 5.89. The van der Waals surface area contributed by atoms with Gasteiger partial charge in [0.05, 0.1) is 0 Å². The van der Waals surface area contributed by atoms with E-state index in [1.165, 1.54) is 16.5 Å². The first-order valence-electron chi connectivity index (χ1n) is 10.3. The van der Waals surface area contributed by atoms with Gasteiger partial charge in [-0.1, -0.05) is 18.2 Å². The summed E-state index contributed by atoms with van der Waals surface area (Å²) in [4.78, 5) is 35.5.